The average Bonchev–Trinajstić information content (AvgIpc) is 2.37. The lowest BCUT2D eigenvalue weighted by atomic mass is 10.1. The lowest BCUT2D eigenvalue weighted by molar-refractivity contribution is -0.123. The molecule has 0 spiro atoms. The Morgan fingerprint density at radius 1 is 1.37 bits per heavy atom. The first kappa shape index (κ1) is 15.9. The highest BCUT2D eigenvalue weighted by molar-refractivity contribution is 9.10. The van der Waals surface area contributed by atoms with Crippen LogP contribution in [0, 0.1) is 0 Å². The average molecular weight is 346 g/mol. The van der Waals surface area contributed by atoms with Crippen molar-refractivity contribution in [3.05, 3.63) is 34.3 Å². The van der Waals surface area contributed by atoms with Gasteiger partial charge >= 0.3 is 0 Å². The lowest BCUT2D eigenvalue weighted by Crippen LogP contribution is -2.46. The molecule has 0 saturated heterocycles. The van der Waals surface area contributed by atoms with Crippen LogP contribution >= 0.6 is 28.1 Å². The van der Waals surface area contributed by atoms with Gasteiger partial charge in [0.25, 0.3) is 0 Å². The van der Waals surface area contributed by atoms with E-state index in [1.807, 2.05) is 19.1 Å². The van der Waals surface area contributed by atoms with E-state index in [9.17, 15) is 9.90 Å². The van der Waals surface area contributed by atoms with Crippen LogP contribution in [-0.4, -0.2) is 22.7 Å². The number of hydrazine groups is 1. The number of thiocarbonyl (C=S) groups is 1. The van der Waals surface area contributed by atoms with E-state index < -0.39 is 6.10 Å². The smallest absolute Gasteiger partial charge is 0.241 e. The number of aliphatic hydroxyl groups excluding tert-OH is 1. The topological polar surface area (TPSA) is 73.4 Å². The van der Waals surface area contributed by atoms with Crippen LogP contribution in [0.5, 0.6) is 0 Å². The van der Waals surface area contributed by atoms with Crippen molar-refractivity contribution in [1.82, 2.24) is 16.2 Å². The van der Waals surface area contributed by atoms with Crippen LogP contribution in [-0.2, 0) is 4.79 Å². The van der Waals surface area contributed by atoms with Crippen molar-refractivity contribution in [1.29, 1.82) is 0 Å². The second-order valence-electron chi connectivity index (χ2n) is 3.80. The van der Waals surface area contributed by atoms with E-state index in [4.69, 9.17) is 12.2 Å². The number of halogens is 1. The second-order valence-corrected chi connectivity index (χ2v) is 5.13. The summed E-state index contributed by atoms with van der Waals surface area (Å²) in [7, 11) is 0. The van der Waals surface area contributed by atoms with Gasteiger partial charge in [0.1, 0.15) is 0 Å². The van der Waals surface area contributed by atoms with Gasteiger partial charge in [0.2, 0.25) is 5.91 Å². The Bertz CT molecular complexity index is 439. The predicted octanol–water partition coefficient (Wildman–Crippen LogP) is 1.39. The van der Waals surface area contributed by atoms with Crippen LogP contribution in [0.3, 0.4) is 0 Å². The van der Waals surface area contributed by atoms with Crippen LogP contribution in [0.1, 0.15) is 25.0 Å². The molecule has 1 rings (SSSR count). The third kappa shape index (κ3) is 6.00. The molecule has 0 saturated carbocycles. The molecule has 1 aromatic rings. The molecule has 1 amide bonds. The van der Waals surface area contributed by atoms with E-state index in [0.717, 1.165) is 4.47 Å². The molecule has 4 N–H and O–H groups in total. The summed E-state index contributed by atoms with van der Waals surface area (Å²) in [4.78, 5) is 11.6. The van der Waals surface area contributed by atoms with Gasteiger partial charge in [-0.2, -0.15) is 0 Å². The first-order valence-corrected chi connectivity index (χ1v) is 6.99. The molecule has 0 aliphatic carbocycles. The number of hydrogen-bond donors (Lipinski definition) is 4. The molecule has 19 heavy (non-hydrogen) atoms. The van der Waals surface area contributed by atoms with Crippen LogP contribution < -0.4 is 16.2 Å². The normalized spacial score (nSPS) is 11.5. The van der Waals surface area contributed by atoms with Gasteiger partial charge in [-0.1, -0.05) is 28.1 Å². The maximum Gasteiger partial charge on any atom is 0.241 e. The summed E-state index contributed by atoms with van der Waals surface area (Å²) in [6, 6.07) is 7.15. The molecule has 0 fully saturated rings. The molecule has 1 atom stereocenters. The maximum absolute atomic E-state index is 11.6. The quantitative estimate of drug-likeness (QED) is 0.490. The molecule has 0 aliphatic heterocycles. The summed E-state index contributed by atoms with van der Waals surface area (Å²) in [6.07, 6.45) is -0.883. The SMILES string of the molecule is CCNC(=S)NNC(=O)CC(O)c1ccc(Br)cc1. The predicted molar refractivity (Wildman–Crippen MR) is 81.3 cm³/mol. The van der Waals surface area contributed by atoms with Crippen molar-refractivity contribution in [3.63, 3.8) is 0 Å². The van der Waals surface area contributed by atoms with E-state index in [2.05, 4.69) is 32.1 Å². The van der Waals surface area contributed by atoms with Gasteiger partial charge in [-0.15, -0.1) is 0 Å². The third-order valence-corrected chi connectivity index (χ3v) is 3.06. The van der Waals surface area contributed by atoms with Crippen molar-refractivity contribution in [2.75, 3.05) is 6.54 Å². The van der Waals surface area contributed by atoms with Crippen molar-refractivity contribution in [2.24, 2.45) is 0 Å². The van der Waals surface area contributed by atoms with Gasteiger partial charge in [0.05, 0.1) is 12.5 Å². The number of nitrogens with one attached hydrogen (secondary N) is 3. The second kappa shape index (κ2) is 8.08. The van der Waals surface area contributed by atoms with E-state index in [1.165, 1.54) is 0 Å². The molecule has 1 aromatic carbocycles. The van der Waals surface area contributed by atoms with Crippen molar-refractivity contribution >= 4 is 39.2 Å². The Kier molecular flexibility index (Phi) is 6.75. The Balaban J connectivity index is 2.39. The summed E-state index contributed by atoms with van der Waals surface area (Å²) < 4.78 is 0.922. The molecular weight excluding hydrogens is 330 g/mol. The summed E-state index contributed by atoms with van der Waals surface area (Å²) >= 11 is 8.20. The van der Waals surface area contributed by atoms with E-state index >= 15 is 0 Å². The van der Waals surface area contributed by atoms with Gasteiger partial charge in [0, 0.05) is 11.0 Å². The number of benzene rings is 1. The molecule has 1 unspecified atom stereocenters. The summed E-state index contributed by atoms with van der Waals surface area (Å²) in [5.74, 6) is -0.337. The Morgan fingerprint density at radius 3 is 2.58 bits per heavy atom. The van der Waals surface area contributed by atoms with Crippen LogP contribution in [0.15, 0.2) is 28.7 Å². The largest absolute Gasteiger partial charge is 0.388 e. The maximum atomic E-state index is 11.6. The first-order valence-electron chi connectivity index (χ1n) is 5.79. The number of rotatable bonds is 4. The fourth-order valence-corrected chi connectivity index (χ4v) is 1.82. The van der Waals surface area contributed by atoms with E-state index in [-0.39, 0.29) is 12.3 Å². The fraction of sp³-hybridized carbons (Fsp3) is 0.333. The number of aliphatic hydroxyl groups is 1. The first-order chi connectivity index (χ1) is 9.02. The van der Waals surface area contributed by atoms with Crippen LogP contribution in [0.2, 0.25) is 0 Å². The van der Waals surface area contributed by atoms with Crippen LogP contribution in [0.4, 0.5) is 0 Å². The van der Waals surface area contributed by atoms with Gasteiger partial charge in [0.15, 0.2) is 5.11 Å². The number of carbonyl (C=O) groups is 1. The zero-order valence-corrected chi connectivity index (χ0v) is 12.8. The highest BCUT2D eigenvalue weighted by atomic mass is 79.9. The fourth-order valence-electron chi connectivity index (χ4n) is 1.36. The molecule has 0 aromatic heterocycles. The summed E-state index contributed by atoms with van der Waals surface area (Å²) in [6.45, 7) is 2.57. The summed E-state index contributed by atoms with van der Waals surface area (Å²) in [5, 5.41) is 13.1. The molecule has 5 nitrogen and oxygen atoms in total. The third-order valence-electron chi connectivity index (χ3n) is 2.29. The Morgan fingerprint density at radius 2 is 2.00 bits per heavy atom. The van der Waals surface area contributed by atoms with Gasteiger partial charge < -0.3 is 10.4 Å². The minimum Gasteiger partial charge on any atom is -0.388 e. The molecular formula is C12H16BrN3O2S. The summed E-state index contributed by atoms with van der Waals surface area (Å²) in [5.41, 5.74) is 5.66. The minimum atomic E-state index is -0.845. The van der Waals surface area contributed by atoms with Gasteiger partial charge in [-0.25, -0.2) is 0 Å². The standard InChI is InChI=1S/C12H16BrN3O2S/c1-2-14-12(19)16-15-11(18)7-10(17)8-3-5-9(13)6-4-8/h3-6,10,17H,2,7H2,1H3,(H,15,18)(H2,14,16,19). The molecule has 0 aliphatic rings. The van der Waals surface area contributed by atoms with Crippen molar-refractivity contribution in [2.45, 2.75) is 19.4 Å². The molecule has 7 heteroatoms. The van der Waals surface area contributed by atoms with Crippen molar-refractivity contribution in [3.8, 4) is 0 Å². The van der Waals surface area contributed by atoms with Crippen molar-refractivity contribution < 1.29 is 9.90 Å². The number of carbonyl (C=O) groups excluding carboxylic acids is 1. The van der Waals surface area contributed by atoms with E-state index in [0.29, 0.717) is 17.2 Å². The minimum absolute atomic E-state index is 0.0383. The number of hydrogen-bond acceptors (Lipinski definition) is 3. The molecule has 0 heterocycles. The Labute approximate surface area is 125 Å². The zero-order chi connectivity index (χ0) is 14.3. The van der Waals surface area contributed by atoms with E-state index in [1.54, 1.807) is 12.1 Å². The monoisotopic (exact) mass is 345 g/mol. The van der Waals surface area contributed by atoms with Crippen LogP contribution in [0.25, 0.3) is 0 Å². The highest BCUT2D eigenvalue weighted by Gasteiger charge is 2.12. The zero-order valence-electron chi connectivity index (χ0n) is 10.4. The van der Waals surface area contributed by atoms with Gasteiger partial charge in [-0.3, -0.25) is 15.6 Å². The molecule has 104 valence electrons. The van der Waals surface area contributed by atoms with Gasteiger partial charge in [-0.05, 0) is 36.8 Å². The highest BCUT2D eigenvalue weighted by Crippen LogP contribution is 2.19. The number of amides is 1. The molecule has 0 radical (unpaired) electrons. The lowest BCUT2D eigenvalue weighted by Gasteiger charge is -2.13. The molecule has 0 bridgehead atoms. The Hall–Kier alpha value is -1.18.